The molecule has 1 heterocycles. The van der Waals surface area contributed by atoms with Crippen molar-refractivity contribution in [2.45, 2.75) is 24.5 Å². The van der Waals surface area contributed by atoms with E-state index in [2.05, 4.69) is 6.58 Å². The third kappa shape index (κ3) is 3.73. The van der Waals surface area contributed by atoms with Gasteiger partial charge in [-0.15, -0.1) is 6.58 Å². The van der Waals surface area contributed by atoms with E-state index in [1.807, 2.05) is 6.92 Å². The molecule has 1 aliphatic rings. The molecule has 26 heavy (non-hydrogen) atoms. The van der Waals surface area contributed by atoms with E-state index >= 15 is 0 Å². The first-order chi connectivity index (χ1) is 12.3. The van der Waals surface area contributed by atoms with Crippen molar-refractivity contribution in [3.05, 3.63) is 70.8 Å². The summed E-state index contributed by atoms with van der Waals surface area (Å²) in [7, 11) is 0. The Labute approximate surface area is 162 Å². The highest BCUT2D eigenvalue weighted by Gasteiger charge is 2.50. The summed E-state index contributed by atoms with van der Waals surface area (Å²) < 4.78 is 11.5. The van der Waals surface area contributed by atoms with Crippen molar-refractivity contribution in [1.29, 1.82) is 0 Å². The molecular weight excluding hydrogens is 375 g/mol. The predicted molar refractivity (Wildman–Crippen MR) is 101 cm³/mol. The van der Waals surface area contributed by atoms with Gasteiger partial charge in [0.2, 0.25) is 10.8 Å². The monoisotopic (exact) mass is 392 g/mol. The molecule has 0 radical (unpaired) electrons. The molecular formula is C20H18Cl2O4. The van der Waals surface area contributed by atoms with E-state index in [4.69, 9.17) is 32.7 Å². The summed E-state index contributed by atoms with van der Waals surface area (Å²) in [5.74, 6) is 0.259. The molecule has 0 amide bonds. The molecule has 0 fully saturated rings. The standard InChI is InChI=1S/C20H18Cl2O4/c1-12(2)9-10-25-15-7-8-16-17(11-15)26-19(20(22,24)18(16)23)13-3-5-14(21)6-4-13/h3-8,11,19,24H,1,9-10H2,2H3. The van der Waals surface area contributed by atoms with Crippen LogP contribution in [0.25, 0.3) is 0 Å². The Morgan fingerprint density at radius 2 is 2.00 bits per heavy atom. The number of ketones is 1. The van der Waals surface area contributed by atoms with Crippen LogP contribution in [0.4, 0.5) is 0 Å². The lowest BCUT2D eigenvalue weighted by Gasteiger charge is -2.35. The van der Waals surface area contributed by atoms with Crippen molar-refractivity contribution < 1.29 is 19.4 Å². The minimum atomic E-state index is -2.21. The quantitative estimate of drug-likeness (QED) is 0.578. The number of fused-ring (bicyclic) bond motifs is 1. The molecule has 136 valence electrons. The smallest absolute Gasteiger partial charge is 0.244 e. The Bertz CT molecular complexity index is 843. The van der Waals surface area contributed by atoms with E-state index in [0.717, 1.165) is 12.0 Å². The number of hydrogen-bond donors (Lipinski definition) is 1. The topological polar surface area (TPSA) is 55.8 Å². The molecule has 2 aromatic rings. The van der Waals surface area contributed by atoms with Gasteiger partial charge in [0.1, 0.15) is 11.5 Å². The maximum absolute atomic E-state index is 12.7. The van der Waals surface area contributed by atoms with Crippen LogP contribution in [0.1, 0.15) is 35.4 Å². The van der Waals surface area contributed by atoms with E-state index in [1.54, 1.807) is 42.5 Å². The lowest BCUT2D eigenvalue weighted by Crippen LogP contribution is -2.45. The number of carbonyl (C=O) groups excluding carboxylic acids is 1. The van der Waals surface area contributed by atoms with E-state index in [-0.39, 0.29) is 5.56 Å². The number of carbonyl (C=O) groups is 1. The second-order valence-corrected chi connectivity index (χ2v) is 7.28. The van der Waals surface area contributed by atoms with E-state index in [0.29, 0.717) is 28.7 Å². The summed E-state index contributed by atoms with van der Waals surface area (Å²) in [6.07, 6.45) is -0.335. The van der Waals surface area contributed by atoms with Crippen LogP contribution in [0.15, 0.2) is 54.6 Å². The van der Waals surface area contributed by atoms with Gasteiger partial charge in [-0.1, -0.05) is 40.9 Å². The molecule has 0 aromatic heterocycles. The third-order valence-electron chi connectivity index (χ3n) is 4.08. The fraction of sp³-hybridized carbons (Fsp3) is 0.250. The molecule has 0 saturated heterocycles. The highest BCUT2D eigenvalue weighted by molar-refractivity contribution is 6.37. The average molecular weight is 393 g/mol. The lowest BCUT2D eigenvalue weighted by atomic mass is 9.93. The van der Waals surface area contributed by atoms with Crippen LogP contribution < -0.4 is 9.47 Å². The zero-order chi connectivity index (χ0) is 18.9. The fourth-order valence-electron chi connectivity index (χ4n) is 2.66. The summed E-state index contributed by atoms with van der Waals surface area (Å²) in [5, 5.41) is 8.89. The van der Waals surface area contributed by atoms with E-state index < -0.39 is 16.9 Å². The van der Waals surface area contributed by atoms with Crippen molar-refractivity contribution in [3.8, 4) is 11.5 Å². The Balaban J connectivity index is 1.90. The summed E-state index contributed by atoms with van der Waals surface area (Å²) >= 11 is 12.1. The first kappa shape index (κ1) is 18.8. The predicted octanol–water partition coefficient (Wildman–Crippen LogP) is 4.93. The van der Waals surface area contributed by atoms with Crippen molar-refractivity contribution in [3.63, 3.8) is 0 Å². The largest absolute Gasteiger partial charge is 0.493 e. The molecule has 2 aromatic carbocycles. The van der Waals surface area contributed by atoms with Gasteiger partial charge < -0.3 is 14.6 Å². The summed E-state index contributed by atoms with van der Waals surface area (Å²) in [6.45, 7) is 6.23. The molecule has 2 atom stereocenters. The molecule has 0 bridgehead atoms. The zero-order valence-corrected chi connectivity index (χ0v) is 15.7. The van der Waals surface area contributed by atoms with Crippen molar-refractivity contribution in [2.24, 2.45) is 0 Å². The molecule has 1 N–H and O–H groups in total. The maximum atomic E-state index is 12.7. The zero-order valence-electron chi connectivity index (χ0n) is 14.2. The van der Waals surface area contributed by atoms with Gasteiger partial charge in [0.05, 0.1) is 12.2 Å². The number of ether oxygens (including phenoxy) is 2. The number of alkyl halides is 1. The number of aliphatic hydroxyl groups is 1. The van der Waals surface area contributed by atoms with Crippen molar-refractivity contribution >= 4 is 29.0 Å². The molecule has 3 rings (SSSR count). The lowest BCUT2D eigenvalue weighted by molar-refractivity contribution is -0.000920. The van der Waals surface area contributed by atoms with Crippen LogP contribution in [0.5, 0.6) is 11.5 Å². The summed E-state index contributed by atoms with van der Waals surface area (Å²) in [6, 6.07) is 11.4. The number of benzene rings is 2. The van der Waals surface area contributed by atoms with Gasteiger partial charge in [-0.2, -0.15) is 0 Å². The number of hydrogen-bond acceptors (Lipinski definition) is 4. The van der Waals surface area contributed by atoms with Gasteiger partial charge in [0.25, 0.3) is 0 Å². The third-order valence-corrected chi connectivity index (χ3v) is 4.70. The van der Waals surface area contributed by atoms with Gasteiger partial charge in [-0.25, -0.2) is 0 Å². The molecule has 1 aliphatic heterocycles. The van der Waals surface area contributed by atoms with Crippen LogP contribution in [-0.4, -0.2) is 22.6 Å². The van der Waals surface area contributed by atoms with Crippen molar-refractivity contribution in [1.82, 2.24) is 0 Å². The maximum Gasteiger partial charge on any atom is 0.244 e. The van der Waals surface area contributed by atoms with Gasteiger partial charge >= 0.3 is 0 Å². The SMILES string of the molecule is C=C(C)CCOc1ccc2c(c1)OC(c1ccc(Cl)cc1)C(O)(Cl)C2=O. The molecule has 0 aliphatic carbocycles. The highest BCUT2D eigenvalue weighted by atomic mass is 35.5. The molecule has 0 saturated carbocycles. The summed E-state index contributed by atoms with van der Waals surface area (Å²) in [5.41, 5.74) is 1.77. The second kappa shape index (κ2) is 7.31. The normalized spacial score (nSPS) is 21.7. The summed E-state index contributed by atoms with van der Waals surface area (Å²) in [4.78, 5) is 12.7. The van der Waals surface area contributed by atoms with Crippen LogP contribution >= 0.6 is 23.2 Å². The fourth-order valence-corrected chi connectivity index (χ4v) is 3.06. The first-order valence-electron chi connectivity index (χ1n) is 8.08. The molecule has 4 nitrogen and oxygen atoms in total. The Hall–Kier alpha value is -2.01. The van der Waals surface area contributed by atoms with Crippen LogP contribution in [0, 0.1) is 0 Å². The van der Waals surface area contributed by atoms with E-state index in [1.165, 1.54) is 0 Å². The average Bonchev–Trinajstić information content (AvgIpc) is 2.59. The van der Waals surface area contributed by atoms with Gasteiger partial charge in [-0.05, 0) is 36.8 Å². The van der Waals surface area contributed by atoms with Gasteiger partial charge in [0, 0.05) is 17.5 Å². The molecule has 6 heteroatoms. The first-order valence-corrected chi connectivity index (χ1v) is 8.84. The second-order valence-electron chi connectivity index (χ2n) is 6.27. The number of rotatable bonds is 5. The number of Topliss-reactive ketones (excluding diaryl/α,β-unsaturated/α-hetero) is 1. The van der Waals surface area contributed by atoms with Crippen molar-refractivity contribution in [2.75, 3.05) is 6.61 Å². The highest BCUT2D eigenvalue weighted by Crippen LogP contribution is 2.44. The van der Waals surface area contributed by atoms with Crippen LogP contribution in [0.2, 0.25) is 5.02 Å². The van der Waals surface area contributed by atoms with Crippen LogP contribution in [0.3, 0.4) is 0 Å². The van der Waals surface area contributed by atoms with Gasteiger partial charge in [-0.3, -0.25) is 4.79 Å². The number of halogens is 2. The minimum absolute atomic E-state index is 0.208. The Morgan fingerprint density at radius 1 is 1.31 bits per heavy atom. The minimum Gasteiger partial charge on any atom is -0.493 e. The van der Waals surface area contributed by atoms with Crippen LogP contribution in [-0.2, 0) is 0 Å². The van der Waals surface area contributed by atoms with Gasteiger partial charge in [0.15, 0.2) is 6.10 Å². The Kier molecular flexibility index (Phi) is 5.28. The Morgan fingerprint density at radius 3 is 2.65 bits per heavy atom. The molecule has 2 unspecified atom stereocenters. The molecule has 0 spiro atoms. The van der Waals surface area contributed by atoms with E-state index in [9.17, 15) is 9.90 Å².